The van der Waals surface area contributed by atoms with Crippen LogP contribution in [0.5, 0.6) is 11.5 Å². The molecule has 1 aromatic rings. The molecule has 0 saturated carbocycles. The van der Waals surface area contributed by atoms with Crippen molar-refractivity contribution in [3.05, 3.63) is 24.3 Å². The lowest BCUT2D eigenvalue weighted by atomic mass is 10.2. The van der Waals surface area contributed by atoms with Crippen LogP contribution in [0.15, 0.2) is 24.3 Å². The zero-order valence-electron chi connectivity index (χ0n) is 7.17. The number of hydrogen-bond acceptors (Lipinski definition) is 3. The van der Waals surface area contributed by atoms with Gasteiger partial charge in [-0.3, -0.25) is 0 Å². The van der Waals surface area contributed by atoms with Crippen LogP contribution < -0.4 is 9.47 Å². The molecule has 0 spiro atoms. The van der Waals surface area contributed by atoms with Gasteiger partial charge in [-0.15, -0.1) is 12.4 Å². The van der Waals surface area contributed by atoms with E-state index in [0.717, 1.165) is 0 Å². The maximum atomic E-state index is 10.6. The number of carboxylic acid groups (broad SMARTS) is 1. The summed E-state index contributed by atoms with van der Waals surface area (Å²) in [6.45, 7) is 0.0619. The Hall–Kier alpha value is -1.42. The van der Waals surface area contributed by atoms with Gasteiger partial charge in [0, 0.05) is 0 Å². The largest absolute Gasteiger partial charge is 0.485 e. The van der Waals surface area contributed by atoms with E-state index < -0.39 is 12.1 Å². The van der Waals surface area contributed by atoms with Crippen molar-refractivity contribution in [2.45, 2.75) is 6.10 Å². The number of carboxylic acids is 1. The molecule has 0 bridgehead atoms. The van der Waals surface area contributed by atoms with Crippen LogP contribution in [0.1, 0.15) is 0 Å². The molecule has 1 aromatic carbocycles. The van der Waals surface area contributed by atoms with Gasteiger partial charge < -0.3 is 14.6 Å². The second kappa shape index (κ2) is 4.19. The van der Waals surface area contributed by atoms with E-state index in [1.807, 2.05) is 6.07 Å². The standard InChI is InChI=1S/C9H8O4.ClH/c10-9(11)8-5-12-6-3-1-2-4-7(6)13-8;/h1-4,8H,5H2,(H,10,11);1H/t8-;/m0./s1. The van der Waals surface area contributed by atoms with E-state index >= 15 is 0 Å². The minimum absolute atomic E-state index is 0. The van der Waals surface area contributed by atoms with E-state index in [-0.39, 0.29) is 19.0 Å². The summed E-state index contributed by atoms with van der Waals surface area (Å²) in [7, 11) is 0. The SMILES string of the molecule is Cl.O=C(O)[C@@H]1COc2ccccc2O1. The molecule has 1 aliphatic rings. The summed E-state index contributed by atoms with van der Waals surface area (Å²) < 4.78 is 10.4. The molecule has 0 fully saturated rings. The number of halogens is 1. The summed E-state index contributed by atoms with van der Waals surface area (Å²) in [4.78, 5) is 10.6. The quantitative estimate of drug-likeness (QED) is 0.770. The maximum absolute atomic E-state index is 10.6. The average molecular weight is 217 g/mol. The summed E-state index contributed by atoms with van der Waals surface area (Å²) in [6.07, 6.45) is -0.894. The summed E-state index contributed by atoms with van der Waals surface area (Å²) in [5, 5.41) is 8.66. The van der Waals surface area contributed by atoms with E-state index in [2.05, 4.69) is 0 Å². The van der Waals surface area contributed by atoms with Gasteiger partial charge in [-0.05, 0) is 12.1 Å². The third-order valence-electron chi connectivity index (χ3n) is 1.78. The Morgan fingerprint density at radius 1 is 1.36 bits per heavy atom. The van der Waals surface area contributed by atoms with Crippen molar-refractivity contribution in [1.29, 1.82) is 0 Å². The molecule has 76 valence electrons. The number of hydrogen-bond donors (Lipinski definition) is 1. The van der Waals surface area contributed by atoms with Crippen molar-refractivity contribution >= 4 is 18.4 Å². The highest BCUT2D eigenvalue weighted by Crippen LogP contribution is 2.30. The Kier molecular flexibility index (Phi) is 3.19. The van der Waals surface area contributed by atoms with Gasteiger partial charge in [-0.1, -0.05) is 12.1 Å². The van der Waals surface area contributed by atoms with Gasteiger partial charge >= 0.3 is 5.97 Å². The van der Waals surface area contributed by atoms with Crippen LogP contribution in [0.2, 0.25) is 0 Å². The second-order valence-electron chi connectivity index (χ2n) is 2.70. The van der Waals surface area contributed by atoms with Crippen LogP contribution in [0.4, 0.5) is 0 Å². The Bertz CT molecular complexity index is 339. The first-order chi connectivity index (χ1) is 6.27. The zero-order chi connectivity index (χ0) is 9.26. The third-order valence-corrected chi connectivity index (χ3v) is 1.78. The highest BCUT2D eigenvalue weighted by molar-refractivity contribution is 5.85. The van der Waals surface area contributed by atoms with Gasteiger partial charge in [-0.2, -0.15) is 0 Å². The molecule has 2 rings (SSSR count). The van der Waals surface area contributed by atoms with E-state index in [1.54, 1.807) is 18.2 Å². The molecule has 1 aliphatic heterocycles. The van der Waals surface area contributed by atoms with E-state index in [1.165, 1.54) is 0 Å². The number of rotatable bonds is 1. The summed E-state index contributed by atoms with van der Waals surface area (Å²) >= 11 is 0. The number of para-hydroxylation sites is 2. The molecule has 14 heavy (non-hydrogen) atoms. The van der Waals surface area contributed by atoms with E-state index in [0.29, 0.717) is 11.5 Å². The van der Waals surface area contributed by atoms with Crippen molar-refractivity contribution < 1.29 is 19.4 Å². The van der Waals surface area contributed by atoms with Crippen molar-refractivity contribution in [2.75, 3.05) is 6.61 Å². The molecule has 0 amide bonds. The molecule has 5 heteroatoms. The smallest absolute Gasteiger partial charge is 0.348 e. The van der Waals surface area contributed by atoms with Crippen LogP contribution in [-0.2, 0) is 4.79 Å². The van der Waals surface area contributed by atoms with Gasteiger partial charge in [0.2, 0.25) is 6.10 Å². The molecule has 0 unspecified atom stereocenters. The first-order valence-electron chi connectivity index (χ1n) is 3.88. The fourth-order valence-corrected chi connectivity index (χ4v) is 1.14. The number of fused-ring (bicyclic) bond motifs is 1. The third kappa shape index (κ3) is 1.90. The summed E-state index contributed by atoms with van der Waals surface area (Å²) in [5.74, 6) is 0.0793. The van der Waals surface area contributed by atoms with Crippen LogP contribution in [0.25, 0.3) is 0 Å². The molecule has 0 aliphatic carbocycles. The molecule has 1 heterocycles. The Labute approximate surface area is 86.9 Å². The number of aliphatic carboxylic acids is 1. The van der Waals surface area contributed by atoms with Crippen molar-refractivity contribution in [3.63, 3.8) is 0 Å². The van der Waals surface area contributed by atoms with Gasteiger partial charge in [0.05, 0.1) is 0 Å². The molecular weight excluding hydrogens is 208 g/mol. The van der Waals surface area contributed by atoms with Gasteiger partial charge in [-0.25, -0.2) is 4.79 Å². The minimum atomic E-state index is -1.01. The fraction of sp³-hybridized carbons (Fsp3) is 0.222. The van der Waals surface area contributed by atoms with E-state index in [9.17, 15) is 4.79 Å². The van der Waals surface area contributed by atoms with Gasteiger partial charge in [0.25, 0.3) is 0 Å². The molecule has 1 N–H and O–H groups in total. The van der Waals surface area contributed by atoms with Crippen LogP contribution in [0, 0.1) is 0 Å². The maximum Gasteiger partial charge on any atom is 0.348 e. The normalized spacial score (nSPS) is 18.1. The second-order valence-corrected chi connectivity index (χ2v) is 2.70. The lowest BCUT2D eigenvalue weighted by molar-refractivity contribution is -0.147. The van der Waals surface area contributed by atoms with E-state index in [4.69, 9.17) is 14.6 Å². The van der Waals surface area contributed by atoms with Crippen LogP contribution >= 0.6 is 12.4 Å². The molecule has 0 saturated heterocycles. The summed E-state index contributed by atoms with van der Waals surface area (Å²) in [6, 6.07) is 7.01. The Balaban J connectivity index is 0.000000980. The lowest BCUT2D eigenvalue weighted by Gasteiger charge is -2.23. The Morgan fingerprint density at radius 2 is 2.00 bits per heavy atom. The topological polar surface area (TPSA) is 55.8 Å². The van der Waals surface area contributed by atoms with Crippen molar-refractivity contribution in [2.24, 2.45) is 0 Å². The highest BCUT2D eigenvalue weighted by atomic mass is 35.5. The molecular formula is C9H9ClO4. The number of ether oxygens (including phenoxy) is 2. The highest BCUT2D eigenvalue weighted by Gasteiger charge is 2.26. The lowest BCUT2D eigenvalue weighted by Crippen LogP contribution is -2.36. The molecule has 1 atom stereocenters. The molecule has 0 aromatic heterocycles. The van der Waals surface area contributed by atoms with Gasteiger partial charge in [0.1, 0.15) is 6.61 Å². The molecule has 0 radical (unpaired) electrons. The molecule has 4 nitrogen and oxygen atoms in total. The van der Waals surface area contributed by atoms with Crippen molar-refractivity contribution in [3.8, 4) is 11.5 Å². The van der Waals surface area contributed by atoms with Crippen LogP contribution in [-0.4, -0.2) is 23.8 Å². The fourth-order valence-electron chi connectivity index (χ4n) is 1.14. The van der Waals surface area contributed by atoms with Crippen molar-refractivity contribution in [1.82, 2.24) is 0 Å². The predicted octanol–water partition coefficient (Wildman–Crippen LogP) is 1.33. The summed E-state index contributed by atoms with van der Waals surface area (Å²) in [5.41, 5.74) is 0. The minimum Gasteiger partial charge on any atom is -0.485 e. The first kappa shape index (κ1) is 10.7. The Morgan fingerprint density at radius 3 is 2.64 bits per heavy atom. The monoisotopic (exact) mass is 216 g/mol. The average Bonchev–Trinajstić information content (AvgIpc) is 2.17. The zero-order valence-corrected chi connectivity index (χ0v) is 7.99. The first-order valence-corrected chi connectivity index (χ1v) is 3.88. The van der Waals surface area contributed by atoms with Crippen LogP contribution in [0.3, 0.4) is 0 Å². The number of benzene rings is 1. The number of carbonyl (C=O) groups is 1. The van der Waals surface area contributed by atoms with Gasteiger partial charge in [0.15, 0.2) is 11.5 Å². The predicted molar refractivity (Wildman–Crippen MR) is 51.2 cm³/mol.